The van der Waals surface area contributed by atoms with Crippen LogP contribution in [0.3, 0.4) is 0 Å². The number of rotatable bonds is 6. The van der Waals surface area contributed by atoms with Crippen molar-refractivity contribution in [3.63, 3.8) is 0 Å². The quantitative estimate of drug-likeness (QED) is 0.813. The largest absolute Gasteiger partial charge is 0.350 e. The number of urea groups is 1. The molecule has 3 amide bonds. The van der Waals surface area contributed by atoms with Gasteiger partial charge in [-0.3, -0.25) is 4.79 Å². The molecule has 0 aliphatic carbocycles. The van der Waals surface area contributed by atoms with Crippen LogP contribution in [0.15, 0.2) is 36.5 Å². The number of aromatic nitrogens is 3. The zero-order valence-electron chi connectivity index (χ0n) is 14.2. The van der Waals surface area contributed by atoms with Crippen LogP contribution in [0.2, 0.25) is 0 Å². The molecule has 25 heavy (non-hydrogen) atoms. The first-order valence-electron chi connectivity index (χ1n) is 8.44. The molecule has 0 radical (unpaired) electrons. The van der Waals surface area contributed by atoms with Gasteiger partial charge >= 0.3 is 6.03 Å². The molecule has 0 atom stereocenters. The molecule has 8 heteroatoms. The molecule has 2 aromatic rings. The monoisotopic (exact) mass is 342 g/mol. The normalized spacial score (nSPS) is 14.0. The number of benzene rings is 1. The summed E-state index contributed by atoms with van der Waals surface area (Å²) in [5.41, 5.74) is 1.47. The molecule has 1 aromatic heterocycles. The number of nitrogens with one attached hydrogen (secondary N) is 2. The Labute approximate surface area is 146 Å². The number of carbonyl (C=O) groups is 2. The molecule has 1 aliphatic heterocycles. The van der Waals surface area contributed by atoms with Crippen molar-refractivity contribution in [1.29, 1.82) is 0 Å². The minimum Gasteiger partial charge on any atom is -0.350 e. The second-order valence-electron chi connectivity index (χ2n) is 5.97. The van der Waals surface area contributed by atoms with E-state index in [1.54, 1.807) is 15.8 Å². The summed E-state index contributed by atoms with van der Waals surface area (Å²) in [5, 5.41) is 13.6. The second-order valence-corrected chi connectivity index (χ2v) is 5.97. The van der Waals surface area contributed by atoms with Gasteiger partial charge in [0.1, 0.15) is 0 Å². The third-order valence-electron chi connectivity index (χ3n) is 4.14. The highest BCUT2D eigenvalue weighted by molar-refractivity contribution is 5.91. The van der Waals surface area contributed by atoms with E-state index in [0.717, 1.165) is 6.42 Å². The van der Waals surface area contributed by atoms with Crippen molar-refractivity contribution in [3.05, 3.63) is 47.8 Å². The molecule has 2 heterocycles. The summed E-state index contributed by atoms with van der Waals surface area (Å²) in [6, 6.07) is 9.97. The molecule has 1 fully saturated rings. The summed E-state index contributed by atoms with van der Waals surface area (Å²) in [6.45, 7) is 4.19. The Morgan fingerprint density at radius 2 is 1.96 bits per heavy atom. The third-order valence-corrected chi connectivity index (χ3v) is 4.14. The summed E-state index contributed by atoms with van der Waals surface area (Å²) in [7, 11) is 0. The van der Waals surface area contributed by atoms with Gasteiger partial charge in [-0.15, -0.1) is 5.10 Å². The fraction of sp³-hybridized carbons (Fsp3) is 0.412. The Balaban J connectivity index is 1.45. The first-order valence-corrected chi connectivity index (χ1v) is 8.44. The van der Waals surface area contributed by atoms with Crippen molar-refractivity contribution in [2.75, 3.05) is 26.2 Å². The van der Waals surface area contributed by atoms with Gasteiger partial charge in [0.25, 0.3) is 5.91 Å². The number of likely N-dealkylation sites (tertiary alicyclic amines) is 1. The molecule has 8 nitrogen and oxygen atoms in total. The molecule has 2 N–H and O–H groups in total. The smallest absolute Gasteiger partial charge is 0.317 e. The maximum Gasteiger partial charge on any atom is 0.317 e. The molecule has 1 aliphatic rings. The van der Waals surface area contributed by atoms with E-state index in [4.69, 9.17) is 0 Å². The SMILES string of the molecule is CCNC(=O)N1CC(n2cc(C(=O)NCCc3ccccc3)nn2)C1. The topological polar surface area (TPSA) is 92.2 Å². The molecule has 1 saturated heterocycles. The fourth-order valence-electron chi connectivity index (χ4n) is 2.67. The third kappa shape index (κ3) is 4.14. The Morgan fingerprint density at radius 3 is 2.68 bits per heavy atom. The van der Waals surface area contributed by atoms with Crippen LogP contribution in [0.4, 0.5) is 4.79 Å². The summed E-state index contributed by atoms with van der Waals surface area (Å²) >= 11 is 0. The number of amides is 3. The molecule has 0 unspecified atom stereocenters. The minimum atomic E-state index is -0.234. The lowest BCUT2D eigenvalue weighted by Gasteiger charge is -2.38. The maximum atomic E-state index is 12.1. The van der Waals surface area contributed by atoms with E-state index in [0.29, 0.717) is 31.9 Å². The molecule has 1 aromatic carbocycles. The molecule has 3 rings (SSSR count). The predicted octanol–water partition coefficient (Wildman–Crippen LogP) is 0.837. The van der Waals surface area contributed by atoms with Crippen LogP contribution in [0.5, 0.6) is 0 Å². The molecule has 0 saturated carbocycles. The van der Waals surface area contributed by atoms with Gasteiger partial charge in [0.2, 0.25) is 0 Å². The number of hydrogen-bond donors (Lipinski definition) is 2. The lowest BCUT2D eigenvalue weighted by Crippen LogP contribution is -2.54. The van der Waals surface area contributed by atoms with Gasteiger partial charge < -0.3 is 15.5 Å². The van der Waals surface area contributed by atoms with E-state index in [1.165, 1.54) is 5.56 Å². The first-order chi connectivity index (χ1) is 12.2. The Hall–Kier alpha value is -2.90. The van der Waals surface area contributed by atoms with Crippen molar-refractivity contribution in [2.45, 2.75) is 19.4 Å². The van der Waals surface area contributed by atoms with Crippen LogP contribution >= 0.6 is 0 Å². The lowest BCUT2D eigenvalue weighted by atomic mass is 10.1. The molecule has 132 valence electrons. The fourth-order valence-corrected chi connectivity index (χ4v) is 2.67. The van der Waals surface area contributed by atoms with E-state index in [9.17, 15) is 9.59 Å². The zero-order valence-corrected chi connectivity index (χ0v) is 14.2. The lowest BCUT2D eigenvalue weighted by molar-refractivity contribution is 0.0948. The summed E-state index contributed by atoms with van der Waals surface area (Å²) in [6.07, 6.45) is 2.41. The van der Waals surface area contributed by atoms with Gasteiger partial charge in [-0.2, -0.15) is 0 Å². The van der Waals surface area contributed by atoms with Crippen molar-refractivity contribution in [3.8, 4) is 0 Å². The first kappa shape index (κ1) is 16.9. The highest BCUT2D eigenvalue weighted by Gasteiger charge is 2.32. The summed E-state index contributed by atoms with van der Waals surface area (Å²) in [5.74, 6) is -0.234. The van der Waals surface area contributed by atoms with Crippen molar-refractivity contribution < 1.29 is 9.59 Å². The van der Waals surface area contributed by atoms with Crippen LogP contribution in [0.1, 0.15) is 29.0 Å². The van der Waals surface area contributed by atoms with E-state index in [-0.39, 0.29) is 18.0 Å². The second kappa shape index (κ2) is 7.78. The van der Waals surface area contributed by atoms with E-state index in [2.05, 4.69) is 20.9 Å². The number of nitrogens with zero attached hydrogens (tertiary/aromatic N) is 4. The highest BCUT2D eigenvalue weighted by atomic mass is 16.2. The molecular formula is C17H22N6O2. The van der Waals surface area contributed by atoms with E-state index in [1.807, 2.05) is 37.3 Å². The predicted molar refractivity (Wildman–Crippen MR) is 92.2 cm³/mol. The Kier molecular flexibility index (Phi) is 5.27. The highest BCUT2D eigenvalue weighted by Crippen LogP contribution is 2.20. The van der Waals surface area contributed by atoms with Gasteiger partial charge in [-0.25, -0.2) is 9.48 Å². The van der Waals surface area contributed by atoms with Crippen molar-refractivity contribution >= 4 is 11.9 Å². The van der Waals surface area contributed by atoms with Crippen LogP contribution in [0.25, 0.3) is 0 Å². The average molecular weight is 342 g/mol. The summed E-state index contributed by atoms with van der Waals surface area (Å²) < 4.78 is 1.65. The minimum absolute atomic E-state index is 0.0703. The zero-order chi connectivity index (χ0) is 17.6. The van der Waals surface area contributed by atoms with E-state index < -0.39 is 0 Å². The van der Waals surface area contributed by atoms with Gasteiger partial charge in [0, 0.05) is 26.2 Å². The van der Waals surface area contributed by atoms with Gasteiger partial charge in [-0.05, 0) is 18.9 Å². The average Bonchev–Trinajstić information content (AvgIpc) is 3.04. The Morgan fingerprint density at radius 1 is 1.20 bits per heavy atom. The summed E-state index contributed by atoms with van der Waals surface area (Å²) in [4.78, 5) is 25.5. The van der Waals surface area contributed by atoms with Gasteiger partial charge in [-0.1, -0.05) is 35.5 Å². The van der Waals surface area contributed by atoms with Crippen molar-refractivity contribution in [2.24, 2.45) is 0 Å². The number of carbonyl (C=O) groups excluding carboxylic acids is 2. The van der Waals surface area contributed by atoms with E-state index >= 15 is 0 Å². The molecule has 0 bridgehead atoms. The van der Waals surface area contributed by atoms with Crippen LogP contribution < -0.4 is 10.6 Å². The van der Waals surface area contributed by atoms with Gasteiger partial charge in [0.05, 0.1) is 12.2 Å². The number of hydrogen-bond acceptors (Lipinski definition) is 4. The van der Waals surface area contributed by atoms with Crippen LogP contribution in [0, 0.1) is 0 Å². The molecular weight excluding hydrogens is 320 g/mol. The van der Waals surface area contributed by atoms with Gasteiger partial charge in [0.15, 0.2) is 5.69 Å². The Bertz CT molecular complexity index is 724. The van der Waals surface area contributed by atoms with Crippen LogP contribution in [-0.4, -0.2) is 58.0 Å². The molecule has 0 spiro atoms. The maximum absolute atomic E-state index is 12.1. The van der Waals surface area contributed by atoms with Crippen molar-refractivity contribution in [1.82, 2.24) is 30.5 Å². The standard InChI is InChI=1S/C17H22N6O2/c1-2-18-17(25)22-10-14(11-22)23-12-15(20-21-23)16(24)19-9-8-13-6-4-3-5-7-13/h3-7,12,14H,2,8-11H2,1H3,(H,18,25)(H,19,24). The van der Waals surface area contributed by atoms with Crippen LogP contribution in [-0.2, 0) is 6.42 Å².